The third kappa shape index (κ3) is 6.91. The highest BCUT2D eigenvalue weighted by Crippen LogP contribution is 2.15. The molecule has 1 aromatic carbocycles. The first-order chi connectivity index (χ1) is 10.2. The van der Waals surface area contributed by atoms with E-state index in [1.54, 1.807) is 7.11 Å². The summed E-state index contributed by atoms with van der Waals surface area (Å²) in [5.41, 5.74) is 1.03. The number of rotatable bonds is 11. The van der Waals surface area contributed by atoms with Crippen LogP contribution in [0.25, 0.3) is 0 Å². The van der Waals surface area contributed by atoms with Crippen LogP contribution in [0.15, 0.2) is 30.3 Å². The van der Waals surface area contributed by atoms with Crippen molar-refractivity contribution in [2.45, 2.75) is 26.2 Å². The van der Waals surface area contributed by atoms with Gasteiger partial charge in [-0.15, -0.1) is 0 Å². The van der Waals surface area contributed by atoms with E-state index in [1.165, 1.54) is 0 Å². The van der Waals surface area contributed by atoms with Gasteiger partial charge < -0.3 is 24.2 Å². The molecule has 0 spiro atoms. The van der Waals surface area contributed by atoms with Gasteiger partial charge in [-0.1, -0.05) is 18.2 Å². The molecule has 1 atom stereocenters. The van der Waals surface area contributed by atoms with Crippen LogP contribution in [0.5, 0.6) is 0 Å². The van der Waals surface area contributed by atoms with Gasteiger partial charge in [-0.05, 0) is 26.0 Å². The van der Waals surface area contributed by atoms with Gasteiger partial charge in [0.25, 0.3) is 0 Å². The molecular formula is C16H27NO4. The Kier molecular flexibility index (Phi) is 9.01. The average Bonchev–Trinajstić information content (AvgIpc) is 2.48. The van der Waals surface area contributed by atoms with Gasteiger partial charge in [0.15, 0.2) is 6.29 Å². The quantitative estimate of drug-likeness (QED) is 0.632. The van der Waals surface area contributed by atoms with Crippen LogP contribution in [0.1, 0.15) is 13.8 Å². The van der Waals surface area contributed by atoms with Crippen molar-refractivity contribution >= 4 is 5.69 Å². The lowest BCUT2D eigenvalue weighted by Gasteiger charge is -2.30. The summed E-state index contributed by atoms with van der Waals surface area (Å²) < 4.78 is 16.2. The molecule has 5 nitrogen and oxygen atoms in total. The van der Waals surface area contributed by atoms with Crippen molar-refractivity contribution in [3.05, 3.63) is 30.3 Å². The summed E-state index contributed by atoms with van der Waals surface area (Å²) in [5.74, 6) is 0. The zero-order valence-electron chi connectivity index (χ0n) is 13.2. The molecule has 0 saturated heterocycles. The van der Waals surface area contributed by atoms with Gasteiger partial charge in [-0.3, -0.25) is 0 Å². The summed E-state index contributed by atoms with van der Waals surface area (Å²) >= 11 is 0. The fourth-order valence-electron chi connectivity index (χ4n) is 2.13. The summed E-state index contributed by atoms with van der Waals surface area (Å²) in [4.78, 5) is 2.06. The second kappa shape index (κ2) is 10.6. The van der Waals surface area contributed by atoms with Gasteiger partial charge >= 0.3 is 0 Å². The van der Waals surface area contributed by atoms with Crippen molar-refractivity contribution in [2.75, 3.05) is 44.9 Å². The standard InChI is InChI=1S/C16H27NO4/c1-4-20-16(21-5-2)12-17(11-15(18)13-19-3)14-9-7-6-8-10-14/h6-10,15-16,18H,4-5,11-13H2,1-3H3. The van der Waals surface area contributed by atoms with Crippen molar-refractivity contribution in [3.8, 4) is 0 Å². The van der Waals surface area contributed by atoms with Gasteiger partial charge in [0.05, 0.1) is 19.3 Å². The Hall–Kier alpha value is -1.14. The van der Waals surface area contributed by atoms with E-state index in [-0.39, 0.29) is 6.29 Å². The number of benzene rings is 1. The van der Waals surface area contributed by atoms with E-state index < -0.39 is 6.10 Å². The molecule has 0 heterocycles. The summed E-state index contributed by atoms with van der Waals surface area (Å²) in [6, 6.07) is 9.93. The van der Waals surface area contributed by atoms with Crippen LogP contribution >= 0.6 is 0 Å². The van der Waals surface area contributed by atoms with E-state index >= 15 is 0 Å². The molecule has 1 aromatic rings. The third-order valence-electron chi connectivity index (χ3n) is 2.99. The predicted octanol–water partition coefficient (Wildman–Crippen LogP) is 1.90. The normalized spacial score (nSPS) is 12.6. The lowest BCUT2D eigenvalue weighted by molar-refractivity contribution is -0.130. The Bertz CT molecular complexity index is 355. The molecule has 0 amide bonds. The van der Waals surface area contributed by atoms with E-state index in [9.17, 15) is 5.11 Å². The summed E-state index contributed by atoms with van der Waals surface area (Å²) in [6.45, 7) is 6.40. The fourth-order valence-corrected chi connectivity index (χ4v) is 2.13. The summed E-state index contributed by atoms with van der Waals surface area (Å²) in [7, 11) is 1.58. The zero-order valence-corrected chi connectivity index (χ0v) is 13.2. The van der Waals surface area contributed by atoms with Crippen molar-refractivity contribution in [2.24, 2.45) is 0 Å². The molecule has 0 bridgehead atoms. The Morgan fingerprint density at radius 1 is 1.05 bits per heavy atom. The van der Waals surface area contributed by atoms with E-state index in [1.807, 2.05) is 44.2 Å². The second-order valence-corrected chi connectivity index (χ2v) is 4.69. The molecule has 0 aromatic heterocycles. The van der Waals surface area contributed by atoms with Crippen LogP contribution in [0.4, 0.5) is 5.69 Å². The van der Waals surface area contributed by atoms with Crippen molar-refractivity contribution < 1.29 is 19.3 Å². The number of aliphatic hydroxyl groups excluding tert-OH is 1. The first-order valence-electron chi connectivity index (χ1n) is 7.41. The molecule has 0 aliphatic heterocycles. The largest absolute Gasteiger partial charge is 0.389 e. The number of anilines is 1. The highest BCUT2D eigenvalue weighted by Gasteiger charge is 2.18. The van der Waals surface area contributed by atoms with E-state index in [4.69, 9.17) is 14.2 Å². The van der Waals surface area contributed by atoms with Crippen LogP contribution in [-0.2, 0) is 14.2 Å². The topological polar surface area (TPSA) is 51.2 Å². The maximum atomic E-state index is 10.0. The third-order valence-corrected chi connectivity index (χ3v) is 2.99. The molecule has 21 heavy (non-hydrogen) atoms. The van der Waals surface area contributed by atoms with Crippen LogP contribution in [0.3, 0.4) is 0 Å². The Morgan fingerprint density at radius 2 is 1.67 bits per heavy atom. The van der Waals surface area contributed by atoms with Crippen LogP contribution in [-0.4, -0.2) is 57.5 Å². The van der Waals surface area contributed by atoms with Crippen LogP contribution < -0.4 is 4.90 Å². The lowest BCUT2D eigenvalue weighted by atomic mass is 10.2. The SMILES string of the molecule is CCOC(CN(CC(O)COC)c1ccccc1)OCC. The number of para-hydroxylation sites is 1. The van der Waals surface area contributed by atoms with Gasteiger partial charge in [0, 0.05) is 32.6 Å². The van der Waals surface area contributed by atoms with Gasteiger partial charge in [-0.25, -0.2) is 0 Å². The van der Waals surface area contributed by atoms with Gasteiger partial charge in [0.2, 0.25) is 0 Å². The maximum Gasteiger partial charge on any atom is 0.174 e. The first kappa shape index (κ1) is 17.9. The Morgan fingerprint density at radius 3 is 2.19 bits per heavy atom. The summed E-state index contributed by atoms with van der Waals surface area (Å²) in [5, 5.41) is 10.0. The second-order valence-electron chi connectivity index (χ2n) is 4.69. The number of nitrogens with zero attached hydrogens (tertiary/aromatic N) is 1. The molecule has 1 unspecified atom stereocenters. The summed E-state index contributed by atoms with van der Waals surface area (Å²) in [6.07, 6.45) is -0.867. The minimum Gasteiger partial charge on any atom is -0.389 e. The highest BCUT2D eigenvalue weighted by atomic mass is 16.7. The molecule has 1 N–H and O–H groups in total. The van der Waals surface area contributed by atoms with Crippen LogP contribution in [0, 0.1) is 0 Å². The van der Waals surface area contributed by atoms with Crippen molar-refractivity contribution in [1.82, 2.24) is 0 Å². The molecule has 0 aliphatic rings. The molecule has 0 saturated carbocycles. The number of hydrogen-bond donors (Lipinski definition) is 1. The van der Waals surface area contributed by atoms with Crippen molar-refractivity contribution in [1.29, 1.82) is 0 Å². The maximum absolute atomic E-state index is 10.0. The number of methoxy groups -OCH3 is 1. The number of hydrogen-bond acceptors (Lipinski definition) is 5. The average molecular weight is 297 g/mol. The Balaban J connectivity index is 2.75. The molecule has 120 valence electrons. The smallest absolute Gasteiger partial charge is 0.174 e. The minimum atomic E-state index is -0.556. The first-order valence-corrected chi connectivity index (χ1v) is 7.41. The number of aliphatic hydroxyl groups is 1. The van der Waals surface area contributed by atoms with E-state index in [2.05, 4.69) is 4.90 Å². The van der Waals surface area contributed by atoms with Crippen LogP contribution in [0.2, 0.25) is 0 Å². The molecule has 0 aliphatic carbocycles. The monoisotopic (exact) mass is 297 g/mol. The highest BCUT2D eigenvalue weighted by molar-refractivity contribution is 5.46. The minimum absolute atomic E-state index is 0.303. The number of ether oxygens (including phenoxy) is 3. The predicted molar refractivity (Wildman–Crippen MR) is 83.6 cm³/mol. The van der Waals surface area contributed by atoms with E-state index in [0.29, 0.717) is 32.9 Å². The van der Waals surface area contributed by atoms with E-state index in [0.717, 1.165) is 5.69 Å². The molecule has 0 radical (unpaired) electrons. The van der Waals surface area contributed by atoms with Gasteiger partial charge in [-0.2, -0.15) is 0 Å². The molecule has 0 fully saturated rings. The zero-order chi connectivity index (χ0) is 15.5. The molecule has 1 rings (SSSR count). The lowest BCUT2D eigenvalue weighted by Crippen LogP contribution is -2.41. The Labute approximate surface area is 127 Å². The molecule has 5 heteroatoms. The fraction of sp³-hybridized carbons (Fsp3) is 0.625. The van der Waals surface area contributed by atoms with Gasteiger partial charge in [0.1, 0.15) is 0 Å². The molecular weight excluding hydrogens is 270 g/mol. The van der Waals surface area contributed by atoms with Crippen molar-refractivity contribution in [3.63, 3.8) is 0 Å².